The van der Waals surface area contributed by atoms with E-state index in [1.807, 2.05) is 24.3 Å². The number of amides is 1. The summed E-state index contributed by atoms with van der Waals surface area (Å²) in [6.45, 7) is 0.468. The molecule has 0 atom stereocenters. The van der Waals surface area contributed by atoms with Gasteiger partial charge in [-0.05, 0) is 24.1 Å². The molecule has 0 unspecified atom stereocenters. The minimum atomic E-state index is 0.468. The number of ether oxygens (including phenoxy) is 1. The third-order valence-electron chi connectivity index (χ3n) is 1.92. The van der Waals surface area contributed by atoms with Crippen molar-refractivity contribution in [1.29, 1.82) is 0 Å². The van der Waals surface area contributed by atoms with Crippen LogP contribution in [0.3, 0.4) is 0 Å². The van der Waals surface area contributed by atoms with Crippen LogP contribution in [0.4, 0.5) is 0 Å². The van der Waals surface area contributed by atoms with Crippen LogP contribution in [0, 0.1) is 0 Å². The molecule has 75 valence electrons. The molecule has 0 spiro atoms. The maximum Gasteiger partial charge on any atom is 0.327 e. The van der Waals surface area contributed by atoms with E-state index < -0.39 is 0 Å². The highest BCUT2D eigenvalue weighted by Crippen LogP contribution is 2.11. The summed E-state index contributed by atoms with van der Waals surface area (Å²) in [5.74, 6) is 6.08. The highest BCUT2D eigenvalue weighted by atomic mass is 16.5. The number of nitrogens with two attached hydrogens (primary N) is 1. The fourth-order valence-electron chi connectivity index (χ4n) is 1.09. The van der Waals surface area contributed by atoms with Crippen LogP contribution in [-0.2, 0) is 11.2 Å². The Balaban J connectivity index is 2.47. The molecule has 0 saturated heterocycles. The molecule has 1 amide bonds. The molecule has 4 nitrogen and oxygen atoms in total. The van der Waals surface area contributed by atoms with Crippen LogP contribution >= 0.6 is 0 Å². The topological polar surface area (TPSA) is 55.6 Å². The Labute approximate surface area is 83.2 Å². The van der Waals surface area contributed by atoms with Gasteiger partial charge >= 0.3 is 6.41 Å². The molecular weight excluding hydrogens is 180 g/mol. The molecule has 0 saturated carbocycles. The summed E-state index contributed by atoms with van der Waals surface area (Å²) in [5.41, 5.74) is 1.11. The van der Waals surface area contributed by atoms with Crippen LogP contribution in [-0.4, -0.2) is 25.1 Å². The quantitative estimate of drug-likeness (QED) is 0.320. The standard InChI is InChI=1S/C10H13N2O2/c1-14-10-4-2-9(3-5-10)6-7-12(11)8-13/h2-5H,6-7,11H2,1H3. The van der Waals surface area contributed by atoms with E-state index in [-0.39, 0.29) is 0 Å². The third-order valence-corrected chi connectivity index (χ3v) is 1.92. The van der Waals surface area contributed by atoms with Crippen molar-refractivity contribution in [2.45, 2.75) is 6.42 Å². The molecule has 14 heavy (non-hydrogen) atoms. The van der Waals surface area contributed by atoms with Crippen molar-refractivity contribution in [1.82, 2.24) is 5.01 Å². The van der Waals surface area contributed by atoms with Gasteiger partial charge in [0.1, 0.15) is 5.75 Å². The minimum absolute atomic E-state index is 0.468. The Morgan fingerprint density at radius 3 is 2.57 bits per heavy atom. The number of hydrogen-bond acceptors (Lipinski definition) is 3. The number of hydrazine groups is 1. The Kier molecular flexibility index (Phi) is 3.94. The number of rotatable bonds is 5. The zero-order valence-corrected chi connectivity index (χ0v) is 8.06. The first-order valence-corrected chi connectivity index (χ1v) is 4.29. The third kappa shape index (κ3) is 3.06. The molecule has 4 heteroatoms. The van der Waals surface area contributed by atoms with E-state index in [1.165, 1.54) is 0 Å². The predicted molar refractivity (Wildman–Crippen MR) is 53.3 cm³/mol. The second kappa shape index (κ2) is 5.24. The average molecular weight is 193 g/mol. The Bertz CT molecular complexity index is 285. The van der Waals surface area contributed by atoms with E-state index in [0.29, 0.717) is 6.54 Å². The first-order valence-electron chi connectivity index (χ1n) is 4.29. The van der Waals surface area contributed by atoms with Crippen molar-refractivity contribution in [3.63, 3.8) is 0 Å². The van der Waals surface area contributed by atoms with Gasteiger partial charge in [-0.15, -0.1) is 0 Å². The van der Waals surface area contributed by atoms with Crippen LogP contribution in [0.1, 0.15) is 5.56 Å². The first kappa shape index (κ1) is 10.5. The Morgan fingerprint density at radius 1 is 1.43 bits per heavy atom. The summed E-state index contributed by atoms with van der Waals surface area (Å²) in [6.07, 6.45) is 2.31. The molecule has 1 aromatic rings. The molecule has 0 heterocycles. The summed E-state index contributed by atoms with van der Waals surface area (Å²) in [7, 11) is 1.62. The molecule has 0 bridgehead atoms. The van der Waals surface area contributed by atoms with Crippen molar-refractivity contribution < 1.29 is 9.53 Å². The number of benzene rings is 1. The summed E-state index contributed by atoms with van der Waals surface area (Å²) in [4.78, 5) is 10.1. The molecule has 0 aromatic heterocycles. The highest BCUT2D eigenvalue weighted by molar-refractivity contribution is 5.46. The molecule has 0 aliphatic heterocycles. The molecule has 0 aliphatic rings. The summed E-state index contributed by atoms with van der Waals surface area (Å²) < 4.78 is 5.02. The van der Waals surface area contributed by atoms with Gasteiger partial charge in [-0.2, -0.15) is 0 Å². The number of nitrogens with zero attached hydrogens (tertiary/aromatic N) is 1. The number of methoxy groups -OCH3 is 1. The van der Waals surface area contributed by atoms with Crippen molar-refractivity contribution in [2.24, 2.45) is 5.84 Å². The maximum atomic E-state index is 10.1. The fourth-order valence-corrected chi connectivity index (χ4v) is 1.09. The van der Waals surface area contributed by atoms with Gasteiger partial charge in [0, 0.05) is 6.54 Å². The zero-order valence-electron chi connectivity index (χ0n) is 8.06. The van der Waals surface area contributed by atoms with E-state index in [9.17, 15) is 4.79 Å². The van der Waals surface area contributed by atoms with Crippen molar-refractivity contribution in [2.75, 3.05) is 13.7 Å². The van der Waals surface area contributed by atoms with Crippen LogP contribution in [0.2, 0.25) is 0 Å². The van der Waals surface area contributed by atoms with Crippen molar-refractivity contribution in [3.8, 4) is 5.75 Å². The molecule has 0 fully saturated rings. The lowest BCUT2D eigenvalue weighted by Gasteiger charge is -2.08. The molecule has 2 N–H and O–H groups in total. The van der Waals surface area contributed by atoms with E-state index in [4.69, 9.17) is 10.6 Å². The van der Waals surface area contributed by atoms with Crippen LogP contribution in [0.25, 0.3) is 0 Å². The van der Waals surface area contributed by atoms with Gasteiger partial charge in [0.15, 0.2) is 0 Å². The Hall–Kier alpha value is -1.55. The predicted octanol–water partition coefficient (Wildman–Crippen LogP) is 0.481. The molecular formula is C10H13N2O2. The zero-order chi connectivity index (χ0) is 10.4. The van der Waals surface area contributed by atoms with Crippen LogP contribution in [0.15, 0.2) is 24.3 Å². The minimum Gasteiger partial charge on any atom is -0.497 e. The fraction of sp³-hybridized carbons (Fsp3) is 0.300. The summed E-state index contributed by atoms with van der Waals surface area (Å²) in [5, 5.41) is 1.00. The lowest BCUT2D eigenvalue weighted by molar-refractivity contribution is 0.395. The number of carbonyl (C=O) groups excluding carboxylic acids is 1. The van der Waals surface area contributed by atoms with Gasteiger partial charge in [-0.25, -0.2) is 5.84 Å². The van der Waals surface area contributed by atoms with Gasteiger partial charge in [0.05, 0.1) is 7.11 Å². The highest BCUT2D eigenvalue weighted by Gasteiger charge is 1.98. The molecule has 0 aliphatic carbocycles. The Morgan fingerprint density at radius 2 is 2.07 bits per heavy atom. The van der Waals surface area contributed by atoms with Gasteiger partial charge in [0.25, 0.3) is 0 Å². The van der Waals surface area contributed by atoms with Crippen LogP contribution < -0.4 is 10.6 Å². The van der Waals surface area contributed by atoms with Gasteiger partial charge < -0.3 is 4.74 Å². The lowest BCUT2D eigenvalue weighted by atomic mass is 10.1. The number of hydrogen-bond donors (Lipinski definition) is 1. The lowest BCUT2D eigenvalue weighted by Crippen LogP contribution is -2.31. The van der Waals surface area contributed by atoms with Crippen molar-refractivity contribution in [3.05, 3.63) is 29.8 Å². The van der Waals surface area contributed by atoms with Gasteiger partial charge in [-0.3, -0.25) is 9.80 Å². The largest absolute Gasteiger partial charge is 0.497 e. The molecule has 1 rings (SSSR count). The van der Waals surface area contributed by atoms with Crippen LogP contribution in [0.5, 0.6) is 5.75 Å². The molecule has 1 radical (unpaired) electrons. The van der Waals surface area contributed by atoms with Gasteiger partial charge in [0.2, 0.25) is 0 Å². The second-order valence-electron chi connectivity index (χ2n) is 2.88. The molecule has 1 aromatic carbocycles. The normalized spacial score (nSPS) is 9.57. The monoisotopic (exact) mass is 193 g/mol. The van der Waals surface area contributed by atoms with Crippen molar-refractivity contribution >= 4 is 6.41 Å². The smallest absolute Gasteiger partial charge is 0.327 e. The average Bonchev–Trinajstić information content (AvgIpc) is 2.26. The SMILES string of the molecule is COc1ccc(CCN(N)[C]=O)cc1. The van der Waals surface area contributed by atoms with E-state index in [2.05, 4.69) is 0 Å². The second-order valence-corrected chi connectivity index (χ2v) is 2.88. The maximum absolute atomic E-state index is 10.1. The van der Waals surface area contributed by atoms with E-state index in [1.54, 1.807) is 13.5 Å². The van der Waals surface area contributed by atoms with Gasteiger partial charge in [-0.1, -0.05) is 12.1 Å². The van der Waals surface area contributed by atoms with E-state index >= 15 is 0 Å². The summed E-state index contributed by atoms with van der Waals surface area (Å²) >= 11 is 0. The first-order chi connectivity index (χ1) is 6.76. The van der Waals surface area contributed by atoms with E-state index in [0.717, 1.165) is 22.7 Å². The summed E-state index contributed by atoms with van der Waals surface area (Å²) in [6, 6.07) is 7.64.